The van der Waals surface area contributed by atoms with Crippen molar-refractivity contribution in [2.24, 2.45) is 0 Å². The van der Waals surface area contributed by atoms with E-state index >= 15 is 0 Å². The third kappa shape index (κ3) is 2.13. The highest BCUT2D eigenvalue weighted by Crippen LogP contribution is 2.07. The Bertz CT molecular complexity index is 174. The highest BCUT2D eigenvalue weighted by atomic mass is 16.5. The molecule has 0 atom stereocenters. The zero-order valence-electron chi connectivity index (χ0n) is 6.21. The van der Waals surface area contributed by atoms with E-state index in [4.69, 9.17) is 4.74 Å². The maximum atomic E-state index is 5.36. The van der Waals surface area contributed by atoms with Gasteiger partial charge in [-0.2, -0.15) is 0 Å². The molecule has 0 bridgehead atoms. The van der Waals surface area contributed by atoms with Crippen LogP contribution in [-0.2, 0) is 0 Å². The van der Waals surface area contributed by atoms with Crippen LogP contribution in [0.2, 0.25) is 6.32 Å². The predicted molar refractivity (Wildman–Crippen MR) is 45.3 cm³/mol. The smallest absolute Gasteiger partial charge is 0.119 e. The summed E-state index contributed by atoms with van der Waals surface area (Å²) in [4.78, 5) is 0. The SMILES string of the molecule is BCCOc1ccccc1. The Hall–Kier alpha value is -0.915. The first-order valence-corrected chi connectivity index (χ1v) is 3.61. The second-order valence-electron chi connectivity index (χ2n) is 2.16. The molecule has 0 heterocycles. The van der Waals surface area contributed by atoms with Gasteiger partial charge in [0.05, 0.1) is 6.61 Å². The van der Waals surface area contributed by atoms with Gasteiger partial charge in [0.15, 0.2) is 0 Å². The Morgan fingerprint density at radius 1 is 1.20 bits per heavy atom. The first-order chi connectivity index (χ1) is 4.93. The van der Waals surface area contributed by atoms with Crippen molar-refractivity contribution in [3.63, 3.8) is 0 Å². The molecule has 0 N–H and O–H groups in total. The maximum Gasteiger partial charge on any atom is 0.119 e. The zero-order valence-corrected chi connectivity index (χ0v) is 6.21. The normalized spacial score (nSPS) is 9.20. The van der Waals surface area contributed by atoms with Crippen LogP contribution >= 0.6 is 0 Å². The van der Waals surface area contributed by atoms with Crippen LogP contribution in [0.15, 0.2) is 30.3 Å². The Kier molecular flexibility index (Phi) is 2.87. The summed E-state index contributed by atoms with van der Waals surface area (Å²) >= 11 is 0. The Labute approximate surface area is 62.4 Å². The van der Waals surface area contributed by atoms with Crippen LogP contribution in [0.3, 0.4) is 0 Å². The second-order valence-corrected chi connectivity index (χ2v) is 2.16. The van der Waals surface area contributed by atoms with Crippen molar-refractivity contribution in [2.75, 3.05) is 6.61 Å². The van der Waals surface area contributed by atoms with Crippen molar-refractivity contribution >= 4 is 7.85 Å². The third-order valence-corrected chi connectivity index (χ3v) is 1.22. The third-order valence-electron chi connectivity index (χ3n) is 1.22. The maximum absolute atomic E-state index is 5.36. The highest BCUT2D eigenvalue weighted by molar-refractivity contribution is 6.08. The van der Waals surface area contributed by atoms with Gasteiger partial charge in [0, 0.05) is 0 Å². The van der Waals surface area contributed by atoms with Crippen LogP contribution in [-0.4, -0.2) is 14.5 Å². The fourth-order valence-electron chi connectivity index (χ4n) is 0.737. The molecule has 0 unspecified atom stereocenters. The minimum atomic E-state index is 0.810. The molecule has 2 heteroatoms. The monoisotopic (exact) mass is 134 g/mol. The lowest BCUT2D eigenvalue weighted by molar-refractivity contribution is 0.340. The van der Waals surface area contributed by atoms with Crippen LogP contribution in [0.5, 0.6) is 5.75 Å². The predicted octanol–water partition coefficient (Wildman–Crippen LogP) is 1.12. The first kappa shape index (κ1) is 7.20. The number of hydrogen-bond donors (Lipinski definition) is 0. The van der Waals surface area contributed by atoms with E-state index in [0.717, 1.165) is 18.7 Å². The Morgan fingerprint density at radius 2 is 1.90 bits per heavy atom. The molecule has 0 saturated carbocycles. The van der Waals surface area contributed by atoms with Gasteiger partial charge >= 0.3 is 0 Å². The number of para-hydroxylation sites is 1. The van der Waals surface area contributed by atoms with E-state index in [1.807, 2.05) is 30.3 Å². The van der Waals surface area contributed by atoms with Gasteiger partial charge in [-0.1, -0.05) is 18.2 Å². The van der Waals surface area contributed by atoms with E-state index in [1.54, 1.807) is 0 Å². The lowest BCUT2D eigenvalue weighted by Crippen LogP contribution is -1.94. The molecule has 52 valence electrons. The highest BCUT2D eigenvalue weighted by Gasteiger charge is 1.86. The van der Waals surface area contributed by atoms with E-state index < -0.39 is 0 Å². The van der Waals surface area contributed by atoms with E-state index in [0.29, 0.717) is 0 Å². The van der Waals surface area contributed by atoms with Gasteiger partial charge in [0.25, 0.3) is 0 Å². The lowest BCUT2D eigenvalue weighted by Gasteiger charge is -2.01. The molecule has 0 aliphatic heterocycles. The van der Waals surface area contributed by atoms with Crippen LogP contribution in [0.25, 0.3) is 0 Å². The Morgan fingerprint density at radius 3 is 2.50 bits per heavy atom. The van der Waals surface area contributed by atoms with Crippen molar-refractivity contribution in [3.05, 3.63) is 30.3 Å². The van der Waals surface area contributed by atoms with Gasteiger partial charge in [-0.3, -0.25) is 0 Å². The molecule has 1 aromatic rings. The molecule has 0 spiro atoms. The standard InChI is InChI=1S/C8H11BO/c9-6-7-10-8-4-2-1-3-5-8/h1-5H,6-7,9H2. The summed E-state index contributed by atoms with van der Waals surface area (Å²) < 4.78 is 5.36. The van der Waals surface area contributed by atoms with Crippen molar-refractivity contribution in [3.8, 4) is 5.75 Å². The van der Waals surface area contributed by atoms with Gasteiger partial charge in [0.1, 0.15) is 13.6 Å². The van der Waals surface area contributed by atoms with Crippen molar-refractivity contribution < 1.29 is 4.74 Å². The molecule has 0 amide bonds. The fourth-order valence-corrected chi connectivity index (χ4v) is 0.737. The first-order valence-electron chi connectivity index (χ1n) is 3.61. The van der Waals surface area contributed by atoms with Crippen LogP contribution in [0.1, 0.15) is 0 Å². The molecule has 0 aliphatic carbocycles. The summed E-state index contributed by atoms with van der Waals surface area (Å²) in [5.74, 6) is 0.962. The number of hydrogen-bond acceptors (Lipinski definition) is 1. The molecule has 10 heavy (non-hydrogen) atoms. The lowest BCUT2D eigenvalue weighted by atomic mass is 10.1. The summed E-state index contributed by atoms with van der Waals surface area (Å²) in [6.07, 6.45) is 1.06. The topological polar surface area (TPSA) is 9.23 Å². The Balaban J connectivity index is 2.43. The average molecular weight is 134 g/mol. The van der Waals surface area contributed by atoms with Gasteiger partial charge in [-0.25, -0.2) is 0 Å². The van der Waals surface area contributed by atoms with Gasteiger partial charge in [-0.05, 0) is 18.5 Å². The molecule has 1 rings (SSSR count). The van der Waals surface area contributed by atoms with Crippen LogP contribution < -0.4 is 4.74 Å². The summed E-state index contributed by atoms with van der Waals surface area (Å²) in [6, 6.07) is 9.88. The largest absolute Gasteiger partial charge is 0.494 e. The summed E-state index contributed by atoms with van der Waals surface area (Å²) in [7, 11) is 2.10. The van der Waals surface area contributed by atoms with Crippen molar-refractivity contribution in [1.82, 2.24) is 0 Å². The molecule has 1 nitrogen and oxygen atoms in total. The quantitative estimate of drug-likeness (QED) is 0.562. The van der Waals surface area contributed by atoms with Crippen molar-refractivity contribution in [2.45, 2.75) is 6.32 Å². The van der Waals surface area contributed by atoms with Gasteiger partial charge in [-0.15, -0.1) is 0 Å². The molecule has 0 saturated heterocycles. The zero-order chi connectivity index (χ0) is 7.23. The van der Waals surface area contributed by atoms with E-state index in [2.05, 4.69) is 7.85 Å². The molecule has 0 radical (unpaired) electrons. The van der Waals surface area contributed by atoms with E-state index in [1.165, 1.54) is 0 Å². The van der Waals surface area contributed by atoms with Crippen molar-refractivity contribution in [1.29, 1.82) is 0 Å². The number of ether oxygens (including phenoxy) is 1. The van der Waals surface area contributed by atoms with E-state index in [-0.39, 0.29) is 0 Å². The fraction of sp³-hybridized carbons (Fsp3) is 0.250. The van der Waals surface area contributed by atoms with Crippen LogP contribution in [0.4, 0.5) is 0 Å². The summed E-state index contributed by atoms with van der Waals surface area (Å²) in [6.45, 7) is 0.810. The van der Waals surface area contributed by atoms with Gasteiger partial charge in [0.2, 0.25) is 0 Å². The average Bonchev–Trinajstić information content (AvgIpc) is 2.03. The molecular weight excluding hydrogens is 123 g/mol. The number of rotatable bonds is 3. The van der Waals surface area contributed by atoms with E-state index in [9.17, 15) is 0 Å². The van der Waals surface area contributed by atoms with Crippen LogP contribution in [0, 0.1) is 0 Å². The summed E-state index contributed by atoms with van der Waals surface area (Å²) in [5.41, 5.74) is 0. The summed E-state index contributed by atoms with van der Waals surface area (Å²) in [5, 5.41) is 0. The molecule has 1 aromatic carbocycles. The molecular formula is C8H11BO. The van der Waals surface area contributed by atoms with Gasteiger partial charge < -0.3 is 4.74 Å². The minimum absolute atomic E-state index is 0.810. The second kappa shape index (κ2) is 3.99. The molecule has 0 fully saturated rings. The number of benzene rings is 1. The molecule has 0 aromatic heterocycles. The molecule has 0 aliphatic rings. The minimum Gasteiger partial charge on any atom is -0.494 e.